The van der Waals surface area contributed by atoms with Gasteiger partial charge in [-0.1, -0.05) is 0 Å². The van der Waals surface area contributed by atoms with E-state index < -0.39 is 0 Å². The highest BCUT2D eigenvalue weighted by molar-refractivity contribution is 7.10. The van der Waals surface area contributed by atoms with Crippen molar-refractivity contribution in [3.8, 4) is 11.3 Å². The van der Waals surface area contributed by atoms with E-state index in [9.17, 15) is 0 Å². The van der Waals surface area contributed by atoms with Gasteiger partial charge in [-0.05, 0) is 61.5 Å². The van der Waals surface area contributed by atoms with Crippen LogP contribution >= 0.6 is 11.3 Å². The van der Waals surface area contributed by atoms with Crippen molar-refractivity contribution in [2.75, 3.05) is 19.6 Å². The van der Waals surface area contributed by atoms with Gasteiger partial charge in [-0.2, -0.15) is 0 Å². The summed E-state index contributed by atoms with van der Waals surface area (Å²) in [6, 6.07) is 10.7. The van der Waals surface area contributed by atoms with Crippen molar-refractivity contribution in [3.63, 3.8) is 0 Å². The minimum atomic E-state index is 0.270. The number of morpholine rings is 1. The van der Waals surface area contributed by atoms with Crippen LogP contribution in [0.25, 0.3) is 11.3 Å². The Balaban J connectivity index is 1.20. The lowest BCUT2D eigenvalue weighted by molar-refractivity contribution is -0.0717. The third-order valence-corrected chi connectivity index (χ3v) is 6.94. The zero-order valence-corrected chi connectivity index (χ0v) is 18.5. The average Bonchev–Trinajstić information content (AvgIpc) is 3.37. The van der Waals surface area contributed by atoms with Crippen LogP contribution in [0.2, 0.25) is 0 Å². The van der Waals surface area contributed by atoms with Gasteiger partial charge in [0.1, 0.15) is 11.5 Å². The number of furan rings is 1. The zero-order valence-electron chi connectivity index (χ0n) is 17.7. The third-order valence-electron chi connectivity index (χ3n) is 5.92. The standard InChI is InChI=1S/C24H29N3O2S/c1-17-12-27(13-18(2)28-17)16-22-5-6-23(29-22)19-3-4-21(25-11-19)15-26-9-7-24-20(14-26)8-10-30-24/h3-6,8,10-11,17-18H,7,9,12-16H2,1-2H3/t17-,18+. The molecule has 0 aliphatic carbocycles. The fraction of sp³-hybridized carbons (Fsp3) is 0.458. The average molecular weight is 424 g/mol. The topological polar surface area (TPSA) is 41.7 Å². The van der Waals surface area contributed by atoms with Crippen LogP contribution in [-0.2, 0) is 30.8 Å². The summed E-state index contributed by atoms with van der Waals surface area (Å²) >= 11 is 1.88. The maximum Gasteiger partial charge on any atom is 0.135 e. The van der Waals surface area contributed by atoms with Gasteiger partial charge in [0.2, 0.25) is 0 Å². The summed E-state index contributed by atoms with van der Waals surface area (Å²) in [4.78, 5) is 11.1. The van der Waals surface area contributed by atoms with Crippen LogP contribution in [0.5, 0.6) is 0 Å². The Morgan fingerprint density at radius 2 is 1.90 bits per heavy atom. The highest BCUT2D eigenvalue weighted by Crippen LogP contribution is 2.26. The molecule has 5 heterocycles. The Kier molecular flexibility index (Phi) is 5.74. The molecule has 30 heavy (non-hydrogen) atoms. The first-order valence-electron chi connectivity index (χ1n) is 10.8. The molecule has 5 rings (SSSR count). The normalized spacial score (nSPS) is 22.9. The lowest BCUT2D eigenvalue weighted by Gasteiger charge is -2.34. The zero-order chi connectivity index (χ0) is 20.5. The first kappa shape index (κ1) is 19.9. The number of rotatable bonds is 5. The predicted molar refractivity (Wildman–Crippen MR) is 119 cm³/mol. The highest BCUT2D eigenvalue weighted by atomic mass is 32.1. The minimum Gasteiger partial charge on any atom is -0.460 e. The van der Waals surface area contributed by atoms with E-state index in [1.165, 1.54) is 5.56 Å². The van der Waals surface area contributed by atoms with E-state index in [1.54, 1.807) is 4.88 Å². The number of fused-ring (bicyclic) bond motifs is 1. The Morgan fingerprint density at radius 1 is 1.03 bits per heavy atom. The Hall–Kier alpha value is -1.99. The summed E-state index contributed by atoms with van der Waals surface area (Å²) in [5.41, 5.74) is 3.63. The molecule has 0 aromatic carbocycles. The second-order valence-corrected chi connectivity index (χ2v) is 9.59. The molecule has 0 unspecified atom stereocenters. The second-order valence-electron chi connectivity index (χ2n) is 8.59. The molecule has 0 bridgehead atoms. The number of pyridine rings is 1. The van der Waals surface area contributed by atoms with Crippen molar-refractivity contribution in [2.45, 2.75) is 52.1 Å². The van der Waals surface area contributed by atoms with Crippen molar-refractivity contribution in [1.29, 1.82) is 0 Å². The van der Waals surface area contributed by atoms with E-state index >= 15 is 0 Å². The van der Waals surface area contributed by atoms with Crippen molar-refractivity contribution in [1.82, 2.24) is 14.8 Å². The first-order valence-corrected chi connectivity index (χ1v) is 11.7. The molecule has 6 heteroatoms. The summed E-state index contributed by atoms with van der Waals surface area (Å²) in [5, 5.41) is 2.21. The Morgan fingerprint density at radius 3 is 2.70 bits per heavy atom. The van der Waals surface area contributed by atoms with E-state index in [2.05, 4.69) is 59.4 Å². The molecule has 3 aromatic rings. The van der Waals surface area contributed by atoms with Gasteiger partial charge in [0.25, 0.3) is 0 Å². The molecule has 2 aliphatic rings. The van der Waals surface area contributed by atoms with E-state index in [-0.39, 0.29) is 12.2 Å². The van der Waals surface area contributed by atoms with Crippen LogP contribution in [0.15, 0.2) is 46.3 Å². The molecule has 0 saturated carbocycles. The van der Waals surface area contributed by atoms with Crippen LogP contribution in [0.4, 0.5) is 0 Å². The van der Waals surface area contributed by atoms with Gasteiger partial charge in [0, 0.05) is 49.4 Å². The SMILES string of the molecule is C[C@@H]1CN(Cc2ccc(-c3ccc(CN4CCc5sccc5C4)nc3)o2)C[C@H](C)O1. The van der Waals surface area contributed by atoms with Crippen LogP contribution in [0.3, 0.4) is 0 Å². The highest BCUT2D eigenvalue weighted by Gasteiger charge is 2.23. The molecule has 1 fully saturated rings. The molecular weight excluding hydrogens is 394 g/mol. The molecular formula is C24H29N3O2S. The molecule has 0 amide bonds. The van der Waals surface area contributed by atoms with Gasteiger partial charge in [0.05, 0.1) is 24.4 Å². The second kappa shape index (κ2) is 8.63. The number of ether oxygens (including phenoxy) is 1. The summed E-state index contributed by atoms with van der Waals surface area (Å²) in [5.74, 6) is 1.88. The van der Waals surface area contributed by atoms with Gasteiger partial charge in [-0.3, -0.25) is 14.8 Å². The molecule has 0 N–H and O–H groups in total. The molecule has 158 valence electrons. The van der Waals surface area contributed by atoms with Crippen LogP contribution in [0.1, 0.15) is 35.7 Å². The van der Waals surface area contributed by atoms with Crippen molar-refractivity contribution >= 4 is 11.3 Å². The molecule has 0 spiro atoms. The summed E-state index contributed by atoms with van der Waals surface area (Å²) in [6.07, 6.45) is 3.63. The van der Waals surface area contributed by atoms with Gasteiger partial charge in [0.15, 0.2) is 0 Å². The van der Waals surface area contributed by atoms with Crippen molar-refractivity contribution in [3.05, 3.63) is 63.8 Å². The predicted octanol–water partition coefficient (Wildman–Crippen LogP) is 4.57. The lowest BCUT2D eigenvalue weighted by atomic mass is 10.1. The monoisotopic (exact) mass is 423 g/mol. The van der Waals surface area contributed by atoms with E-state index in [1.807, 2.05) is 17.5 Å². The molecule has 2 atom stereocenters. The Bertz CT molecular complexity index is 971. The number of nitrogens with zero attached hydrogens (tertiary/aromatic N) is 3. The summed E-state index contributed by atoms with van der Waals surface area (Å²) in [7, 11) is 0. The van der Waals surface area contributed by atoms with Crippen LogP contribution < -0.4 is 0 Å². The van der Waals surface area contributed by atoms with Crippen molar-refractivity contribution < 1.29 is 9.15 Å². The fourth-order valence-corrected chi connectivity index (χ4v) is 5.48. The smallest absolute Gasteiger partial charge is 0.135 e. The quantitative estimate of drug-likeness (QED) is 0.601. The van der Waals surface area contributed by atoms with Crippen molar-refractivity contribution in [2.24, 2.45) is 0 Å². The molecule has 2 aliphatic heterocycles. The number of aromatic nitrogens is 1. The molecule has 3 aromatic heterocycles. The van der Waals surface area contributed by atoms with Gasteiger partial charge in [-0.25, -0.2) is 0 Å². The van der Waals surface area contributed by atoms with E-state index in [4.69, 9.17) is 14.1 Å². The number of thiophene rings is 1. The van der Waals surface area contributed by atoms with Gasteiger partial charge < -0.3 is 9.15 Å². The number of hydrogen-bond acceptors (Lipinski definition) is 6. The van der Waals surface area contributed by atoms with E-state index in [0.717, 1.165) is 68.5 Å². The Labute approximate surface area is 182 Å². The van der Waals surface area contributed by atoms with Gasteiger partial charge in [-0.15, -0.1) is 11.3 Å². The minimum absolute atomic E-state index is 0.270. The molecule has 5 nitrogen and oxygen atoms in total. The summed E-state index contributed by atoms with van der Waals surface area (Å²) in [6.45, 7) is 10.0. The van der Waals surface area contributed by atoms with Crippen LogP contribution in [0, 0.1) is 0 Å². The maximum absolute atomic E-state index is 6.13. The van der Waals surface area contributed by atoms with Gasteiger partial charge >= 0.3 is 0 Å². The van der Waals surface area contributed by atoms with Crippen LogP contribution in [-0.4, -0.2) is 46.6 Å². The van der Waals surface area contributed by atoms with E-state index in [0.29, 0.717) is 0 Å². The largest absolute Gasteiger partial charge is 0.460 e. The third kappa shape index (κ3) is 4.52. The summed E-state index contributed by atoms with van der Waals surface area (Å²) < 4.78 is 12.0. The molecule has 0 radical (unpaired) electrons. The number of hydrogen-bond donors (Lipinski definition) is 0. The first-order chi connectivity index (χ1) is 14.6. The molecule has 1 saturated heterocycles. The lowest BCUT2D eigenvalue weighted by Crippen LogP contribution is -2.44. The fourth-order valence-electron chi connectivity index (χ4n) is 4.59. The maximum atomic E-state index is 6.13.